The fourth-order valence-corrected chi connectivity index (χ4v) is 3.54. The number of ether oxygens (including phenoxy) is 1. The summed E-state index contributed by atoms with van der Waals surface area (Å²) >= 11 is 0. The van der Waals surface area contributed by atoms with Gasteiger partial charge in [0, 0.05) is 25.9 Å². The van der Waals surface area contributed by atoms with Crippen molar-refractivity contribution in [3.8, 4) is 11.6 Å². The Kier molecular flexibility index (Phi) is 7.55. The number of anilines is 2. The quantitative estimate of drug-likeness (QED) is 0.305. The van der Waals surface area contributed by atoms with Gasteiger partial charge in [0.05, 0.1) is 0 Å². The van der Waals surface area contributed by atoms with Crippen molar-refractivity contribution in [3.63, 3.8) is 0 Å². The molecule has 7 nitrogen and oxygen atoms in total. The third-order valence-electron chi connectivity index (χ3n) is 5.35. The van der Waals surface area contributed by atoms with Crippen LogP contribution in [0, 0.1) is 0 Å². The van der Waals surface area contributed by atoms with Crippen molar-refractivity contribution >= 4 is 17.5 Å². The lowest BCUT2D eigenvalue weighted by Gasteiger charge is -2.15. The molecular weight excluding hydrogens is 428 g/mol. The maximum atomic E-state index is 12.8. The predicted molar refractivity (Wildman–Crippen MR) is 131 cm³/mol. The molecule has 0 aliphatic heterocycles. The van der Waals surface area contributed by atoms with E-state index in [1.54, 1.807) is 30.3 Å². The summed E-state index contributed by atoms with van der Waals surface area (Å²) in [5, 5.41) is 7.08. The fourth-order valence-electron chi connectivity index (χ4n) is 3.54. The average Bonchev–Trinajstić information content (AvgIpc) is 3.33. The number of rotatable bonds is 10. The molecule has 34 heavy (non-hydrogen) atoms. The third kappa shape index (κ3) is 5.81. The van der Waals surface area contributed by atoms with Crippen LogP contribution in [0.5, 0.6) is 11.6 Å². The minimum absolute atomic E-state index is 0.220. The van der Waals surface area contributed by atoms with E-state index in [0.29, 0.717) is 24.0 Å². The van der Waals surface area contributed by atoms with Crippen LogP contribution in [-0.4, -0.2) is 28.0 Å². The van der Waals surface area contributed by atoms with Crippen LogP contribution in [0.25, 0.3) is 0 Å². The van der Waals surface area contributed by atoms with E-state index in [1.165, 1.54) is 0 Å². The second-order valence-electron chi connectivity index (χ2n) is 8.02. The summed E-state index contributed by atoms with van der Waals surface area (Å²) in [7, 11) is 1.74. The van der Waals surface area contributed by atoms with Gasteiger partial charge in [-0.2, -0.15) is 0 Å². The molecule has 1 amide bonds. The van der Waals surface area contributed by atoms with E-state index < -0.39 is 0 Å². The second kappa shape index (κ2) is 11.1. The van der Waals surface area contributed by atoms with Crippen molar-refractivity contribution in [2.45, 2.75) is 32.7 Å². The molecule has 0 saturated carbocycles. The molecule has 2 aromatic carbocycles. The number of nitrogens with one attached hydrogen (secondary N) is 1. The zero-order valence-corrected chi connectivity index (χ0v) is 19.4. The summed E-state index contributed by atoms with van der Waals surface area (Å²) in [6.07, 6.45) is 4.80. The highest BCUT2D eigenvalue weighted by Crippen LogP contribution is 2.32. The lowest BCUT2D eigenvalue weighted by molar-refractivity contribution is 0.0775. The van der Waals surface area contributed by atoms with Crippen LogP contribution >= 0.6 is 0 Å². The van der Waals surface area contributed by atoms with E-state index in [1.807, 2.05) is 54.6 Å². The highest BCUT2D eigenvalue weighted by molar-refractivity contribution is 5.92. The standard InChI is InChI=1S/C27H28N4O3/c1-3-4-13-21-14-8-9-16-24(21)33-26-22(15-10-17-28-26)29-25-18-23(30-34-25)27(32)31(2)19-20-11-6-5-7-12-20/h5-12,14-18,29H,3-4,13,19H2,1-2H3. The number of aryl methyl sites for hydroxylation is 1. The van der Waals surface area contributed by atoms with Gasteiger partial charge in [0.25, 0.3) is 5.91 Å². The molecule has 0 aliphatic carbocycles. The predicted octanol–water partition coefficient (Wildman–Crippen LogP) is 6.22. The van der Waals surface area contributed by atoms with Gasteiger partial charge in [-0.05, 0) is 42.2 Å². The number of carbonyl (C=O) groups excluding carboxylic acids is 1. The van der Waals surface area contributed by atoms with Crippen LogP contribution < -0.4 is 10.1 Å². The van der Waals surface area contributed by atoms with Gasteiger partial charge < -0.3 is 19.5 Å². The second-order valence-corrected chi connectivity index (χ2v) is 8.02. The average molecular weight is 457 g/mol. The minimum atomic E-state index is -0.229. The summed E-state index contributed by atoms with van der Waals surface area (Å²) in [4.78, 5) is 18.8. The smallest absolute Gasteiger partial charge is 0.276 e. The largest absolute Gasteiger partial charge is 0.437 e. The van der Waals surface area contributed by atoms with Gasteiger partial charge in [0.15, 0.2) is 5.69 Å². The zero-order valence-electron chi connectivity index (χ0n) is 19.4. The number of hydrogen-bond donors (Lipinski definition) is 1. The molecule has 2 aromatic heterocycles. The van der Waals surface area contributed by atoms with Crippen molar-refractivity contribution in [3.05, 3.63) is 95.8 Å². The van der Waals surface area contributed by atoms with Crippen molar-refractivity contribution in [2.75, 3.05) is 12.4 Å². The number of benzene rings is 2. The van der Waals surface area contributed by atoms with E-state index in [9.17, 15) is 4.79 Å². The molecule has 1 N–H and O–H groups in total. The summed E-state index contributed by atoms with van der Waals surface area (Å²) in [6.45, 7) is 2.65. The van der Waals surface area contributed by atoms with E-state index in [-0.39, 0.29) is 11.6 Å². The van der Waals surface area contributed by atoms with E-state index in [4.69, 9.17) is 9.26 Å². The van der Waals surface area contributed by atoms with Crippen molar-refractivity contribution < 1.29 is 14.1 Å². The molecular formula is C27H28N4O3. The van der Waals surface area contributed by atoms with Gasteiger partial charge in [-0.15, -0.1) is 0 Å². The Morgan fingerprint density at radius 1 is 1.06 bits per heavy atom. The molecule has 0 fully saturated rings. The normalized spacial score (nSPS) is 10.6. The first-order chi connectivity index (χ1) is 16.6. The van der Waals surface area contributed by atoms with Gasteiger partial charge in [0.2, 0.25) is 11.8 Å². The lowest BCUT2D eigenvalue weighted by atomic mass is 10.1. The number of para-hydroxylation sites is 1. The number of aromatic nitrogens is 2. The Hall–Kier alpha value is -4.13. The van der Waals surface area contributed by atoms with E-state index in [0.717, 1.165) is 36.1 Å². The number of hydrogen-bond acceptors (Lipinski definition) is 6. The van der Waals surface area contributed by atoms with Crippen molar-refractivity contribution in [1.82, 2.24) is 15.0 Å². The summed E-state index contributed by atoms with van der Waals surface area (Å²) in [5.74, 6) is 1.28. The topological polar surface area (TPSA) is 80.5 Å². The Bertz CT molecular complexity index is 1220. The van der Waals surface area contributed by atoms with Crippen LogP contribution in [0.2, 0.25) is 0 Å². The maximum Gasteiger partial charge on any atom is 0.276 e. The zero-order chi connectivity index (χ0) is 23.8. The van der Waals surface area contributed by atoms with E-state index in [2.05, 4.69) is 28.4 Å². The summed E-state index contributed by atoms with van der Waals surface area (Å²) < 4.78 is 11.5. The molecule has 2 heterocycles. The summed E-state index contributed by atoms with van der Waals surface area (Å²) in [6, 6.07) is 23.0. The molecule has 4 rings (SSSR count). The van der Waals surface area contributed by atoms with Crippen LogP contribution in [0.3, 0.4) is 0 Å². The number of unbranched alkanes of at least 4 members (excludes halogenated alkanes) is 1. The Morgan fingerprint density at radius 2 is 1.85 bits per heavy atom. The molecule has 174 valence electrons. The van der Waals surface area contributed by atoms with Crippen LogP contribution in [0.15, 0.2) is 83.5 Å². The highest BCUT2D eigenvalue weighted by atomic mass is 16.5. The number of pyridine rings is 1. The van der Waals surface area contributed by atoms with Gasteiger partial charge in [-0.25, -0.2) is 4.98 Å². The van der Waals surface area contributed by atoms with Crippen LogP contribution in [0.1, 0.15) is 41.4 Å². The molecule has 0 aliphatic rings. The SMILES string of the molecule is CCCCc1ccccc1Oc1ncccc1Nc1cc(C(=O)N(C)Cc2ccccc2)no1. The first-order valence-corrected chi connectivity index (χ1v) is 11.4. The number of carbonyl (C=O) groups is 1. The monoisotopic (exact) mass is 456 g/mol. The fraction of sp³-hybridized carbons (Fsp3) is 0.222. The first-order valence-electron chi connectivity index (χ1n) is 11.4. The third-order valence-corrected chi connectivity index (χ3v) is 5.35. The maximum absolute atomic E-state index is 12.8. The molecule has 0 unspecified atom stereocenters. The van der Waals surface area contributed by atoms with E-state index >= 15 is 0 Å². The van der Waals surface area contributed by atoms with Crippen LogP contribution in [0.4, 0.5) is 11.6 Å². The number of nitrogens with zero attached hydrogens (tertiary/aromatic N) is 3. The van der Waals surface area contributed by atoms with Crippen molar-refractivity contribution in [2.24, 2.45) is 0 Å². The Morgan fingerprint density at radius 3 is 2.68 bits per heavy atom. The van der Waals surface area contributed by atoms with Gasteiger partial charge in [-0.3, -0.25) is 4.79 Å². The molecule has 0 spiro atoms. The van der Waals surface area contributed by atoms with Gasteiger partial charge in [0.1, 0.15) is 11.4 Å². The Balaban J connectivity index is 1.46. The molecule has 0 radical (unpaired) electrons. The molecule has 0 saturated heterocycles. The Labute approximate surface area is 199 Å². The lowest BCUT2D eigenvalue weighted by Crippen LogP contribution is -2.26. The summed E-state index contributed by atoms with van der Waals surface area (Å²) in [5.41, 5.74) is 3.00. The highest BCUT2D eigenvalue weighted by Gasteiger charge is 2.18. The molecule has 7 heteroatoms. The molecule has 0 atom stereocenters. The number of amides is 1. The van der Waals surface area contributed by atoms with Gasteiger partial charge in [-0.1, -0.05) is 67.0 Å². The molecule has 0 bridgehead atoms. The minimum Gasteiger partial charge on any atom is -0.437 e. The molecule has 4 aromatic rings. The van der Waals surface area contributed by atoms with Crippen LogP contribution in [-0.2, 0) is 13.0 Å². The van der Waals surface area contributed by atoms with Gasteiger partial charge >= 0.3 is 0 Å². The van der Waals surface area contributed by atoms with Crippen molar-refractivity contribution in [1.29, 1.82) is 0 Å². The first kappa shape index (κ1) is 23.0.